The zero-order valence-corrected chi connectivity index (χ0v) is 12.6. The lowest BCUT2D eigenvalue weighted by molar-refractivity contribution is -0.116. The van der Waals surface area contributed by atoms with Crippen LogP contribution in [0.4, 0.5) is 5.69 Å². The van der Waals surface area contributed by atoms with Gasteiger partial charge in [-0.3, -0.25) is 9.69 Å². The third kappa shape index (κ3) is 4.29. The average molecular weight is 287 g/mol. The van der Waals surface area contributed by atoms with Crippen LogP contribution in [0.2, 0.25) is 0 Å². The van der Waals surface area contributed by atoms with Gasteiger partial charge in [-0.2, -0.15) is 0 Å². The molecular weight excluding hydrogens is 262 g/mol. The Morgan fingerprint density at radius 1 is 1.33 bits per heavy atom. The minimum absolute atomic E-state index is 0.0257. The van der Waals surface area contributed by atoms with Gasteiger partial charge < -0.3 is 11.1 Å². The van der Waals surface area contributed by atoms with E-state index in [9.17, 15) is 4.79 Å². The molecule has 1 amide bonds. The summed E-state index contributed by atoms with van der Waals surface area (Å²) in [6.07, 6.45) is 5.39. The summed E-state index contributed by atoms with van der Waals surface area (Å²) in [4.78, 5) is 14.5. The van der Waals surface area contributed by atoms with Gasteiger partial charge in [-0.1, -0.05) is 12.1 Å². The van der Waals surface area contributed by atoms with Crippen molar-refractivity contribution in [2.45, 2.75) is 44.7 Å². The zero-order chi connectivity index (χ0) is 14.7. The maximum Gasteiger partial charge on any atom is 0.225 e. The first-order valence-corrected chi connectivity index (χ1v) is 8.07. The number of nitrogens with one attached hydrogen (secondary N) is 1. The SMILES string of the molecule is NC(CC(=O)Nc1cccc(CN2CCCC2)c1)C1CC1. The Kier molecular flexibility index (Phi) is 4.56. The fourth-order valence-electron chi connectivity index (χ4n) is 3.06. The topological polar surface area (TPSA) is 58.4 Å². The fourth-order valence-corrected chi connectivity index (χ4v) is 3.06. The fraction of sp³-hybridized carbons (Fsp3) is 0.588. The minimum atomic E-state index is 0.0257. The number of hydrogen-bond donors (Lipinski definition) is 2. The number of likely N-dealkylation sites (tertiary alicyclic amines) is 1. The molecular formula is C17H25N3O. The van der Waals surface area contributed by atoms with Gasteiger partial charge in [0.05, 0.1) is 0 Å². The van der Waals surface area contributed by atoms with Crippen LogP contribution < -0.4 is 11.1 Å². The highest BCUT2D eigenvalue weighted by molar-refractivity contribution is 5.91. The average Bonchev–Trinajstić information content (AvgIpc) is 3.18. The molecule has 1 heterocycles. The van der Waals surface area contributed by atoms with Gasteiger partial charge in [0.25, 0.3) is 0 Å². The van der Waals surface area contributed by atoms with Crippen molar-refractivity contribution >= 4 is 11.6 Å². The number of amides is 1. The van der Waals surface area contributed by atoms with Gasteiger partial charge in [0.15, 0.2) is 0 Å². The van der Waals surface area contributed by atoms with Crippen LogP contribution in [0.3, 0.4) is 0 Å². The van der Waals surface area contributed by atoms with Crippen molar-refractivity contribution in [1.29, 1.82) is 0 Å². The van der Waals surface area contributed by atoms with Crippen LogP contribution in [-0.4, -0.2) is 29.9 Å². The molecule has 1 saturated heterocycles. The summed E-state index contributed by atoms with van der Waals surface area (Å²) in [5, 5.41) is 2.98. The number of rotatable bonds is 6. The summed E-state index contributed by atoms with van der Waals surface area (Å²) in [7, 11) is 0. The highest BCUT2D eigenvalue weighted by atomic mass is 16.1. The molecule has 114 valence electrons. The lowest BCUT2D eigenvalue weighted by Crippen LogP contribution is -2.28. The van der Waals surface area contributed by atoms with E-state index in [1.54, 1.807) is 0 Å². The van der Waals surface area contributed by atoms with E-state index in [4.69, 9.17) is 5.73 Å². The van der Waals surface area contributed by atoms with Crippen LogP contribution in [0, 0.1) is 5.92 Å². The quantitative estimate of drug-likeness (QED) is 0.844. The molecule has 1 aliphatic carbocycles. The second-order valence-corrected chi connectivity index (χ2v) is 6.44. The molecule has 1 aliphatic heterocycles. The van der Waals surface area contributed by atoms with Crippen LogP contribution in [0.5, 0.6) is 0 Å². The third-order valence-corrected chi connectivity index (χ3v) is 4.46. The lowest BCUT2D eigenvalue weighted by Gasteiger charge is -2.15. The molecule has 3 rings (SSSR count). The molecule has 1 saturated carbocycles. The molecule has 3 N–H and O–H groups in total. The summed E-state index contributed by atoms with van der Waals surface area (Å²) in [6.45, 7) is 3.35. The van der Waals surface area contributed by atoms with E-state index in [1.807, 2.05) is 12.1 Å². The van der Waals surface area contributed by atoms with E-state index in [1.165, 1.54) is 44.3 Å². The van der Waals surface area contributed by atoms with Gasteiger partial charge in [-0.25, -0.2) is 0 Å². The zero-order valence-electron chi connectivity index (χ0n) is 12.6. The summed E-state index contributed by atoms with van der Waals surface area (Å²) in [6, 6.07) is 8.20. The predicted octanol–water partition coefficient (Wildman–Crippen LogP) is 2.35. The minimum Gasteiger partial charge on any atom is -0.327 e. The van der Waals surface area contributed by atoms with Gasteiger partial charge in [0, 0.05) is 24.7 Å². The van der Waals surface area contributed by atoms with Crippen molar-refractivity contribution < 1.29 is 4.79 Å². The first-order chi connectivity index (χ1) is 10.2. The van der Waals surface area contributed by atoms with Crippen molar-refractivity contribution in [3.63, 3.8) is 0 Å². The summed E-state index contributed by atoms with van der Waals surface area (Å²) < 4.78 is 0. The molecule has 0 aromatic heterocycles. The highest BCUT2D eigenvalue weighted by Gasteiger charge is 2.29. The number of nitrogens with zero attached hydrogens (tertiary/aromatic N) is 1. The standard InChI is InChI=1S/C17H25N3O/c18-16(14-6-7-14)11-17(21)19-15-5-3-4-13(10-15)12-20-8-1-2-9-20/h3-5,10,14,16H,1-2,6-9,11-12,18H2,(H,19,21). The molecule has 0 bridgehead atoms. The van der Waals surface area contributed by atoms with Gasteiger partial charge in [-0.15, -0.1) is 0 Å². The van der Waals surface area contributed by atoms with Crippen LogP contribution in [0.25, 0.3) is 0 Å². The predicted molar refractivity (Wildman–Crippen MR) is 84.9 cm³/mol. The van der Waals surface area contributed by atoms with Gasteiger partial charge >= 0.3 is 0 Å². The largest absolute Gasteiger partial charge is 0.327 e. The molecule has 2 aliphatic rings. The molecule has 1 unspecified atom stereocenters. The van der Waals surface area contributed by atoms with Gasteiger partial charge in [-0.05, 0) is 62.4 Å². The van der Waals surface area contributed by atoms with Gasteiger partial charge in [0.2, 0.25) is 5.91 Å². The lowest BCUT2D eigenvalue weighted by atomic mass is 10.1. The van der Waals surface area contributed by atoms with E-state index in [0.29, 0.717) is 12.3 Å². The smallest absolute Gasteiger partial charge is 0.225 e. The number of carbonyl (C=O) groups excluding carboxylic acids is 1. The molecule has 1 atom stereocenters. The van der Waals surface area contributed by atoms with Crippen molar-refractivity contribution in [1.82, 2.24) is 4.90 Å². The Morgan fingerprint density at radius 2 is 2.10 bits per heavy atom. The first kappa shape index (κ1) is 14.5. The molecule has 4 nitrogen and oxygen atoms in total. The van der Waals surface area contributed by atoms with Crippen molar-refractivity contribution in [2.75, 3.05) is 18.4 Å². The van der Waals surface area contributed by atoms with E-state index in [2.05, 4.69) is 22.3 Å². The summed E-state index contributed by atoms with van der Waals surface area (Å²) in [5.41, 5.74) is 8.16. The molecule has 2 fully saturated rings. The van der Waals surface area contributed by atoms with E-state index >= 15 is 0 Å². The van der Waals surface area contributed by atoms with E-state index in [-0.39, 0.29) is 11.9 Å². The second-order valence-electron chi connectivity index (χ2n) is 6.44. The summed E-state index contributed by atoms with van der Waals surface area (Å²) >= 11 is 0. The number of benzene rings is 1. The van der Waals surface area contributed by atoms with E-state index < -0.39 is 0 Å². The Labute approximate surface area is 126 Å². The monoisotopic (exact) mass is 287 g/mol. The Bertz CT molecular complexity index is 493. The van der Waals surface area contributed by atoms with Crippen molar-refractivity contribution in [3.05, 3.63) is 29.8 Å². The molecule has 0 radical (unpaired) electrons. The Hall–Kier alpha value is -1.39. The van der Waals surface area contributed by atoms with Crippen LogP contribution >= 0.6 is 0 Å². The second kappa shape index (κ2) is 6.58. The normalized spacial score (nSPS) is 20.4. The van der Waals surface area contributed by atoms with Crippen molar-refractivity contribution in [3.8, 4) is 0 Å². The summed E-state index contributed by atoms with van der Waals surface area (Å²) in [5.74, 6) is 0.602. The number of nitrogens with two attached hydrogens (primary N) is 1. The van der Waals surface area contributed by atoms with Crippen LogP contribution in [0.1, 0.15) is 37.7 Å². The third-order valence-electron chi connectivity index (χ3n) is 4.46. The maximum absolute atomic E-state index is 12.0. The highest BCUT2D eigenvalue weighted by Crippen LogP contribution is 2.32. The molecule has 21 heavy (non-hydrogen) atoms. The number of carbonyl (C=O) groups is 1. The number of hydrogen-bond acceptors (Lipinski definition) is 3. The molecule has 4 heteroatoms. The first-order valence-electron chi connectivity index (χ1n) is 8.07. The molecule has 0 spiro atoms. The Balaban J connectivity index is 1.53. The molecule has 1 aromatic carbocycles. The number of anilines is 1. The van der Waals surface area contributed by atoms with Crippen molar-refractivity contribution in [2.24, 2.45) is 11.7 Å². The van der Waals surface area contributed by atoms with E-state index in [0.717, 1.165) is 12.2 Å². The van der Waals surface area contributed by atoms with Crippen LogP contribution in [-0.2, 0) is 11.3 Å². The van der Waals surface area contributed by atoms with Crippen LogP contribution in [0.15, 0.2) is 24.3 Å². The maximum atomic E-state index is 12.0. The molecule has 1 aromatic rings. The van der Waals surface area contributed by atoms with Gasteiger partial charge in [0.1, 0.15) is 0 Å². The Morgan fingerprint density at radius 3 is 2.81 bits per heavy atom.